The van der Waals surface area contributed by atoms with Crippen LogP contribution in [0.25, 0.3) is 0 Å². The Bertz CT molecular complexity index is 102. The number of nitrogens with zero attached hydrogens (tertiary/aromatic N) is 1. The smallest absolute Gasteiger partial charge is 0.0216 e. The summed E-state index contributed by atoms with van der Waals surface area (Å²) in [7, 11) is 0. The first-order valence-electron chi connectivity index (χ1n) is 3.86. The average molecular weight is 139 g/mol. The summed E-state index contributed by atoms with van der Waals surface area (Å²) >= 11 is 0. The average Bonchev–Trinajstić information content (AvgIpc) is 1.90. The van der Waals surface area contributed by atoms with Crippen molar-refractivity contribution in [3.63, 3.8) is 0 Å². The zero-order chi connectivity index (χ0) is 7.82. The van der Waals surface area contributed by atoms with E-state index in [-0.39, 0.29) is 0 Å². The Hall–Kier alpha value is -0.720. The van der Waals surface area contributed by atoms with Crippen LogP contribution in [0.1, 0.15) is 27.2 Å². The molecule has 0 atom stereocenters. The number of hydrogen-bond acceptors (Lipinski definition) is 1. The predicted octanol–water partition coefficient (Wildman–Crippen LogP) is 2.77. The van der Waals surface area contributed by atoms with Crippen LogP contribution in [-0.2, 0) is 0 Å². The van der Waals surface area contributed by atoms with Crippen LogP contribution in [0.5, 0.6) is 0 Å². The molecule has 0 heterocycles. The molecule has 0 saturated heterocycles. The van der Waals surface area contributed by atoms with Crippen molar-refractivity contribution in [2.45, 2.75) is 27.2 Å². The van der Waals surface area contributed by atoms with Crippen LogP contribution < -0.4 is 0 Å². The molecule has 0 aromatic heterocycles. The van der Waals surface area contributed by atoms with Crippen molar-refractivity contribution in [1.29, 1.82) is 0 Å². The quantitative estimate of drug-likeness (QED) is 0.579. The Morgan fingerprint density at radius 2 is 1.60 bits per heavy atom. The summed E-state index contributed by atoms with van der Waals surface area (Å²) < 4.78 is 0. The maximum Gasteiger partial charge on any atom is 0.0216 e. The molecule has 0 saturated carbocycles. The molecule has 1 heteroatoms. The van der Waals surface area contributed by atoms with Gasteiger partial charge >= 0.3 is 0 Å². The first kappa shape index (κ1) is 9.28. The molecule has 0 aromatic rings. The third kappa shape index (κ3) is 4.19. The summed E-state index contributed by atoms with van der Waals surface area (Å²) in [6, 6.07) is 0. The van der Waals surface area contributed by atoms with Gasteiger partial charge in [-0.15, -0.1) is 0 Å². The molecule has 0 radical (unpaired) electrons. The molecule has 0 aliphatic carbocycles. The molecule has 1 nitrogen and oxygen atoms in total. The van der Waals surface area contributed by atoms with Gasteiger partial charge < -0.3 is 4.90 Å². The molecular weight excluding hydrogens is 122 g/mol. The minimum Gasteiger partial charge on any atom is -0.355 e. The van der Waals surface area contributed by atoms with Gasteiger partial charge in [0.1, 0.15) is 0 Å². The van der Waals surface area contributed by atoms with E-state index in [1.54, 1.807) is 0 Å². The van der Waals surface area contributed by atoms with Gasteiger partial charge in [-0.2, -0.15) is 0 Å². The first-order valence-corrected chi connectivity index (χ1v) is 3.86. The minimum atomic E-state index is 1.11. The highest BCUT2D eigenvalue weighted by molar-refractivity contribution is 4.88. The fourth-order valence-electron chi connectivity index (χ4n) is 0.840. The van der Waals surface area contributed by atoms with Crippen molar-refractivity contribution in [3.05, 3.63) is 24.6 Å². The third-order valence-electron chi connectivity index (χ3n) is 1.16. The molecule has 58 valence electrons. The Balaban J connectivity index is 3.72. The van der Waals surface area contributed by atoms with Crippen molar-refractivity contribution in [1.82, 2.24) is 4.90 Å². The minimum absolute atomic E-state index is 1.11. The molecule has 0 N–H and O–H groups in total. The molecule has 0 amide bonds. The van der Waals surface area contributed by atoms with Gasteiger partial charge in [-0.3, -0.25) is 0 Å². The Labute approximate surface area is 64.0 Å². The van der Waals surface area contributed by atoms with Crippen LogP contribution >= 0.6 is 0 Å². The normalized spacial score (nSPS) is 11.5. The van der Waals surface area contributed by atoms with E-state index in [4.69, 9.17) is 0 Å². The molecule has 0 bridgehead atoms. The van der Waals surface area contributed by atoms with Crippen molar-refractivity contribution < 1.29 is 0 Å². The molecule has 0 unspecified atom stereocenters. The van der Waals surface area contributed by atoms with E-state index in [0.29, 0.717) is 0 Å². The van der Waals surface area contributed by atoms with Crippen molar-refractivity contribution in [2.75, 3.05) is 6.54 Å². The molecular formula is C9H17N. The zero-order valence-corrected chi connectivity index (χ0v) is 7.17. The van der Waals surface area contributed by atoms with Crippen molar-refractivity contribution >= 4 is 0 Å². The molecule has 0 aliphatic rings. The van der Waals surface area contributed by atoms with Crippen LogP contribution in [0.4, 0.5) is 0 Å². The zero-order valence-electron chi connectivity index (χ0n) is 7.17. The summed E-state index contributed by atoms with van der Waals surface area (Å²) in [4.78, 5) is 2.18. The molecule has 0 fully saturated rings. The summed E-state index contributed by atoms with van der Waals surface area (Å²) in [5.74, 6) is 0. The summed E-state index contributed by atoms with van der Waals surface area (Å²) in [5.41, 5.74) is 0. The van der Waals surface area contributed by atoms with E-state index in [1.165, 1.54) is 6.42 Å². The summed E-state index contributed by atoms with van der Waals surface area (Å²) in [6.45, 7) is 7.35. The fourth-order valence-corrected chi connectivity index (χ4v) is 0.840. The number of rotatable bonds is 4. The standard InChI is InChI=1S/C9H17N/c1-4-7-10(8-5-2)9-6-3/h4-5,7-8H,6,9H2,1-3H3/b7-4+,8-5+. The Morgan fingerprint density at radius 3 is 1.90 bits per heavy atom. The van der Waals surface area contributed by atoms with E-state index < -0.39 is 0 Å². The second-order valence-corrected chi connectivity index (χ2v) is 2.20. The molecule has 0 rings (SSSR count). The third-order valence-corrected chi connectivity index (χ3v) is 1.16. The van der Waals surface area contributed by atoms with Crippen LogP contribution in [0.2, 0.25) is 0 Å². The topological polar surface area (TPSA) is 3.24 Å². The van der Waals surface area contributed by atoms with E-state index in [9.17, 15) is 0 Å². The Morgan fingerprint density at radius 1 is 1.10 bits per heavy atom. The van der Waals surface area contributed by atoms with Gasteiger partial charge in [0.15, 0.2) is 0 Å². The van der Waals surface area contributed by atoms with E-state index in [0.717, 1.165) is 6.54 Å². The lowest BCUT2D eigenvalue weighted by Gasteiger charge is -2.12. The number of hydrogen-bond donors (Lipinski definition) is 0. The van der Waals surface area contributed by atoms with E-state index >= 15 is 0 Å². The molecule has 0 spiro atoms. The second-order valence-electron chi connectivity index (χ2n) is 2.20. The molecule has 0 aliphatic heterocycles. The maximum absolute atomic E-state index is 2.18. The van der Waals surface area contributed by atoms with Crippen LogP contribution in [0.3, 0.4) is 0 Å². The van der Waals surface area contributed by atoms with E-state index in [2.05, 4.69) is 36.4 Å². The lowest BCUT2D eigenvalue weighted by atomic mass is 10.4. The van der Waals surface area contributed by atoms with Gasteiger partial charge in [-0.25, -0.2) is 0 Å². The van der Waals surface area contributed by atoms with Gasteiger partial charge in [0.25, 0.3) is 0 Å². The molecule has 0 aromatic carbocycles. The van der Waals surface area contributed by atoms with E-state index in [1.807, 2.05) is 13.8 Å². The second kappa shape index (κ2) is 6.40. The van der Waals surface area contributed by atoms with Crippen molar-refractivity contribution in [2.24, 2.45) is 0 Å². The van der Waals surface area contributed by atoms with Crippen LogP contribution in [0.15, 0.2) is 24.6 Å². The van der Waals surface area contributed by atoms with Gasteiger partial charge in [0.2, 0.25) is 0 Å². The monoisotopic (exact) mass is 139 g/mol. The summed E-state index contributed by atoms with van der Waals surface area (Å²) in [5, 5.41) is 0. The maximum atomic E-state index is 2.18. The van der Waals surface area contributed by atoms with Gasteiger partial charge in [-0.05, 0) is 32.7 Å². The lowest BCUT2D eigenvalue weighted by Crippen LogP contribution is -2.09. The van der Waals surface area contributed by atoms with Crippen LogP contribution in [0, 0.1) is 0 Å². The first-order chi connectivity index (χ1) is 4.85. The molecule has 10 heavy (non-hydrogen) atoms. The predicted molar refractivity (Wildman–Crippen MR) is 46.6 cm³/mol. The SMILES string of the molecule is C/C=C/N(/C=C/C)CCC. The summed E-state index contributed by atoms with van der Waals surface area (Å²) in [6.07, 6.45) is 9.47. The highest BCUT2D eigenvalue weighted by atomic mass is 15.1. The van der Waals surface area contributed by atoms with Gasteiger partial charge in [0, 0.05) is 6.54 Å². The highest BCUT2D eigenvalue weighted by Crippen LogP contribution is 1.93. The van der Waals surface area contributed by atoms with Gasteiger partial charge in [0.05, 0.1) is 0 Å². The number of allylic oxidation sites excluding steroid dienone is 2. The fraction of sp³-hybridized carbons (Fsp3) is 0.556. The van der Waals surface area contributed by atoms with Crippen LogP contribution in [-0.4, -0.2) is 11.4 Å². The Kier molecular flexibility index (Phi) is 5.94. The highest BCUT2D eigenvalue weighted by Gasteiger charge is 1.87. The van der Waals surface area contributed by atoms with Gasteiger partial charge in [-0.1, -0.05) is 19.1 Å². The largest absolute Gasteiger partial charge is 0.355 e. The van der Waals surface area contributed by atoms with Crippen molar-refractivity contribution in [3.8, 4) is 0 Å². The lowest BCUT2D eigenvalue weighted by molar-refractivity contribution is 0.500.